The molecule has 3 aromatic heterocycles. The second kappa shape index (κ2) is 10.8. The predicted molar refractivity (Wildman–Crippen MR) is 151 cm³/mol. The summed E-state index contributed by atoms with van der Waals surface area (Å²) in [5.41, 5.74) is 1.87. The second-order valence-electron chi connectivity index (χ2n) is 10.1. The van der Waals surface area contributed by atoms with Crippen molar-refractivity contribution < 1.29 is 17.9 Å². The zero-order valence-corrected chi connectivity index (χ0v) is 24.0. The van der Waals surface area contributed by atoms with Crippen LogP contribution in [0, 0.1) is 6.92 Å². The minimum atomic E-state index is -3.97. The van der Waals surface area contributed by atoms with Gasteiger partial charge in [0.1, 0.15) is 28.8 Å². The molecule has 210 valence electrons. The standard InChI is InChI=1S/C28H33N7O4S/c1-18-15-30-25(31-16-18)19(2)20(3)40(36,37)34-27-33-32-26(28(12-8-13-28)21-9-7-14-29-17-21)35(27)24-22(38-4)10-6-11-23(24)39-5/h6-7,9-11,14-17,19-20H,8,12-13H2,1-5H3,(H,33,34)/t19-,20-/m0/s1. The molecular formula is C28H33N7O4S. The summed E-state index contributed by atoms with van der Waals surface area (Å²) in [4.78, 5) is 13.0. The Hall–Kier alpha value is -4.06. The van der Waals surface area contributed by atoms with Gasteiger partial charge in [-0.15, -0.1) is 10.2 Å². The van der Waals surface area contributed by atoms with Gasteiger partial charge in [-0.1, -0.05) is 25.5 Å². The molecule has 1 aromatic carbocycles. The Labute approximate surface area is 234 Å². The molecule has 3 heterocycles. The van der Waals surface area contributed by atoms with Gasteiger partial charge in [0.2, 0.25) is 16.0 Å². The lowest BCUT2D eigenvalue weighted by molar-refractivity contribution is 0.279. The van der Waals surface area contributed by atoms with Crippen molar-refractivity contribution >= 4 is 16.0 Å². The normalized spacial score (nSPS) is 16.0. The molecule has 5 rings (SSSR count). The number of aryl methyl sites for hydroxylation is 1. The number of ether oxygens (including phenoxy) is 2. The fourth-order valence-electron chi connectivity index (χ4n) is 5.08. The van der Waals surface area contributed by atoms with E-state index in [1.807, 2.05) is 25.3 Å². The first-order valence-electron chi connectivity index (χ1n) is 13.1. The van der Waals surface area contributed by atoms with Gasteiger partial charge in [-0.05, 0) is 56.0 Å². The van der Waals surface area contributed by atoms with E-state index in [1.54, 1.807) is 69.4 Å². The molecule has 40 heavy (non-hydrogen) atoms. The van der Waals surface area contributed by atoms with Crippen LogP contribution >= 0.6 is 0 Å². The van der Waals surface area contributed by atoms with Crippen LogP contribution in [0.15, 0.2) is 55.1 Å². The lowest BCUT2D eigenvalue weighted by Crippen LogP contribution is -2.38. The number of hydrogen-bond donors (Lipinski definition) is 1. The highest BCUT2D eigenvalue weighted by molar-refractivity contribution is 7.93. The molecule has 0 spiro atoms. The molecule has 1 aliphatic rings. The summed E-state index contributed by atoms with van der Waals surface area (Å²) in [6.45, 7) is 5.30. The van der Waals surface area contributed by atoms with Crippen molar-refractivity contribution in [3.63, 3.8) is 0 Å². The smallest absolute Gasteiger partial charge is 0.243 e. The highest BCUT2D eigenvalue weighted by Crippen LogP contribution is 2.50. The molecule has 0 saturated heterocycles. The summed E-state index contributed by atoms with van der Waals surface area (Å²) in [6.07, 6.45) is 9.50. The number of nitrogens with zero attached hydrogens (tertiary/aromatic N) is 6. The zero-order valence-electron chi connectivity index (χ0n) is 23.2. The first-order valence-corrected chi connectivity index (χ1v) is 14.6. The number of rotatable bonds is 10. The highest BCUT2D eigenvalue weighted by Gasteiger charge is 2.46. The van der Waals surface area contributed by atoms with Crippen molar-refractivity contribution in [2.24, 2.45) is 0 Å². The van der Waals surface area contributed by atoms with Crippen molar-refractivity contribution in [2.45, 2.75) is 56.6 Å². The Morgan fingerprint density at radius 1 is 0.975 bits per heavy atom. The van der Waals surface area contributed by atoms with E-state index in [0.717, 1.165) is 30.4 Å². The minimum Gasteiger partial charge on any atom is -0.494 e. The molecular weight excluding hydrogens is 530 g/mol. The van der Waals surface area contributed by atoms with Crippen LogP contribution in [0.5, 0.6) is 11.5 Å². The predicted octanol–water partition coefficient (Wildman–Crippen LogP) is 4.18. The maximum absolute atomic E-state index is 13.8. The van der Waals surface area contributed by atoms with Crippen LogP contribution in [-0.4, -0.2) is 57.6 Å². The van der Waals surface area contributed by atoms with Gasteiger partial charge in [-0.3, -0.25) is 14.3 Å². The van der Waals surface area contributed by atoms with Gasteiger partial charge in [0.05, 0.1) is 24.9 Å². The fraction of sp³-hybridized carbons (Fsp3) is 0.393. The van der Waals surface area contributed by atoms with Gasteiger partial charge < -0.3 is 9.47 Å². The number of benzene rings is 1. The SMILES string of the molecule is COc1cccc(OC)c1-n1c(NS(=O)(=O)[C@@H](C)[C@H](C)c2ncc(C)cn2)nnc1C1(c2cccnc2)CCC1. The molecule has 11 nitrogen and oxygen atoms in total. The molecule has 4 aromatic rings. The first kappa shape index (κ1) is 27.5. The van der Waals surface area contributed by atoms with E-state index in [4.69, 9.17) is 9.47 Å². The van der Waals surface area contributed by atoms with Crippen LogP contribution in [0.1, 0.15) is 61.8 Å². The topological polar surface area (TPSA) is 134 Å². The average Bonchev–Trinajstić information content (AvgIpc) is 3.34. The highest BCUT2D eigenvalue weighted by atomic mass is 32.2. The fourth-order valence-corrected chi connectivity index (χ4v) is 6.31. The van der Waals surface area contributed by atoms with Gasteiger partial charge in [-0.25, -0.2) is 18.4 Å². The summed E-state index contributed by atoms with van der Waals surface area (Å²) >= 11 is 0. The summed E-state index contributed by atoms with van der Waals surface area (Å²) in [5, 5.41) is 8.10. The lowest BCUT2D eigenvalue weighted by Gasteiger charge is -2.41. The van der Waals surface area contributed by atoms with Gasteiger partial charge in [0.25, 0.3) is 0 Å². The number of hydrogen-bond acceptors (Lipinski definition) is 9. The van der Waals surface area contributed by atoms with Crippen LogP contribution in [0.25, 0.3) is 5.69 Å². The van der Waals surface area contributed by atoms with Crippen molar-refractivity contribution in [2.75, 3.05) is 18.9 Å². The minimum absolute atomic E-state index is 0.0387. The number of nitrogens with one attached hydrogen (secondary N) is 1. The number of para-hydroxylation sites is 1. The molecule has 1 N–H and O–H groups in total. The zero-order chi connectivity index (χ0) is 28.5. The second-order valence-corrected chi connectivity index (χ2v) is 12.2. The number of pyridine rings is 1. The summed E-state index contributed by atoms with van der Waals surface area (Å²) in [5.74, 6) is 1.55. The first-order chi connectivity index (χ1) is 19.2. The Kier molecular flexibility index (Phi) is 7.45. The maximum atomic E-state index is 13.8. The van der Waals surface area contributed by atoms with Crippen LogP contribution < -0.4 is 14.2 Å². The lowest BCUT2D eigenvalue weighted by atomic mass is 9.64. The Morgan fingerprint density at radius 2 is 1.65 bits per heavy atom. The van der Waals surface area contributed by atoms with Gasteiger partial charge in [0.15, 0.2) is 0 Å². The monoisotopic (exact) mass is 563 g/mol. The summed E-state index contributed by atoms with van der Waals surface area (Å²) in [7, 11) is -0.867. The number of methoxy groups -OCH3 is 2. The van der Waals surface area contributed by atoms with Gasteiger partial charge >= 0.3 is 0 Å². The van der Waals surface area contributed by atoms with E-state index < -0.39 is 26.6 Å². The van der Waals surface area contributed by atoms with Crippen LogP contribution in [0.2, 0.25) is 0 Å². The molecule has 2 atom stereocenters. The summed E-state index contributed by atoms with van der Waals surface area (Å²) in [6, 6.07) is 9.29. The van der Waals surface area contributed by atoms with Crippen molar-refractivity contribution in [1.29, 1.82) is 0 Å². The largest absolute Gasteiger partial charge is 0.494 e. The van der Waals surface area contributed by atoms with Crippen molar-refractivity contribution in [1.82, 2.24) is 29.7 Å². The Bertz CT molecular complexity index is 1560. The van der Waals surface area contributed by atoms with E-state index >= 15 is 0 Å². The third kappa shape index (κ3) is 4.76. The van der Waals surface area contributed by atoms with E-state index in [9.17, 15) is 8.42 Å². The quantitative estimate of drug-likeness (QED) is 0.301. The van der Waals surface area contributed by atoms with Gasteiger partial charge in [-0.2, -0.15) is 0 Å². The molecule has 1 fully saturated rings. The molecule has 1 aliphatic carbocycles. The molecule has 0 amide bonds. The Morgan fingerprint density at radius 3 is 2.20 bits per heavy atom. The molecule has 0 radical (unpaired) electrons. The number of anilines is 1. The molecule has 0 aliphatic heterocycles. The molecule has 0 bridgehead atoms. The van der Waals surface area contributed by atoms with Crippen LogP contribution in [0.3, 0.4) is 0 Å². The Balaban J connectivity index is 1.64. The number of sulfonamides is 1. The van der Waals surface area contributed by atoms with Gasteiger partial charge in [0, 0.05) is 30.7 Å². The maximum Gasteiger partial charge on any atom is 0.243 e. The van der Waals surface area contributed by atoms with Crippen molar-refractivity contribution in [3.8, 4) is 17.2 Å². The average molecular weight is 564 g/mol. The number of aromatic nitrogens is 6. The molecule has 0 unspecified atom stereocenters. The van der Waals surface area contributed by atoms with Crippen LogP contribution in [0.4, 0.5) is 5.95 Å². The third-order valence-corrected chi connectivity index (χ3v) is 9.63. The van der Waals surface area contributed by atoms with Crippen LogP contribution in [-0.2, 0) is 15.4 Å². The van der Waals surface area contributed by atoms with E-state index in [1.165, 1.54) is 0 Å². The van der Waals surface area contributed by atoms with E-state index in [2.05, 4.69) is 29.9 Å². The van der Waals surface area contributed by atoms with Crippen molar-refractivity contribution in [3.05, 3.63) is 77.9 Å². The van der Waals surface area contributed by atoms with E-state index in [-0.39, 0.29) is 5.95 Å². The van der Waals surface area contributed by atoms with E-state index in [0.29, 0.717) is 28.8 Å². The third-order valence-electron chi connectivity index (χ3n) is 7.77. The molecule has 1 saturated carbocycles. The summed E-state index contributed by atoms with van der Waals surface area (Å²) < 4.78 is 43.4. The molecule has 12 heteroatoms.